The first-order chi connectivity index (χ1) is 6.00. The molecule has 0 spiro atoms. The summed E-state index contributed by atoms with van der Waals surface area (Å²) in [6.07, 6.45) is -0.116. The molecule has 2 heterocycles. The summed E-state index contributed by atoms with van der Waals surface area (Å²) < 4.78 is 16.5. The molecule has 2 fully saturated rings. The van der Waals surface area contributed by atoms with Crippen LogP contribution in [0.5, 0.6) is 0 Å². The van der Waals surface area contributed by atoms with Gasteiger partial charge in [-0.15, -0.1) is 0 Å². The number of hydrogen-bond acceptors (Lipinski definition) is 4. The average Bonchev–Trinajstić information content (AvgIpc) is 2.35. The molecule has 0 aliphatic carbocycles. The van der Waals surface area contributed by atoms with E-state index in [1.54, 1.807) is 7.11 Å². The van der Waals surface area contributed by atoms with Crippen LogP contribution in [0.25, 0.3) is 0 Å². The number of aliphatic hydroxyl groups excluding tert-OH is 1. The Morgan fingerprint density at radius 1 is 1.46 bits per heavy atom. The maximum absolute atomic E-state index is 9.79. The fraction of sp³-hybridized carbons (Fsp3) is 1.00. The van der Waals surface area contributed by atoms with E-state index in [1.165, 1.54) is 0 Å². The van der Waals surface area contributed by atoms with Crippen LogP contribution in [-0.4, -0.2) is 42.4 Å². The van der Waals surface area contributed by atoms with E-state index in [0.29, 0.717) is 13.0 Å². The molecule has 0 aromatic rings. The Labute approximate surface area is 77.8 Å². The monoisotopic (exact) mass is 188 g/mol. The van der Waals surface area contributed by atoms with Gasteiger partial charge in [0.2, 0.25) is 0 Å². The molecular weight excluding hydrogens is 172 g/mol. The van der Waals surface area contributed by atoms with Crippen LogP contribution in [-0.2, 0) is 14.2 Å². The molecular formula is C9H16O4. The SMILES string of the molecule is COC1CC(O)C2(C)COC1(C)O2. The lowest BCUT2D eigenvalue weighted by atomic mass is 9.90. The highest BCUT2D eigenvalue weighted by molar-refractivity contribution is 5.01. The van der Waals surface area contributed by atoms with E-state index in [0.717, 1.165) is 0 Å². The van der Waals surface area contributed by atoms with Gasteiger partial charge < -0.3 is 19.3 Å². The van der Waals surface area contributed by atoms with E-state index in [2.05, 4.69) is 0 Å². The second kappa shape index (κ2) is 2.67. The summed E-state index contributed by atoms with van der Waals surface area (Å²) in [5.74, 6) is -0.678. The first-order valence-electron chi connectivity index (χ1n) is 4.55. The molecule has 4 heteroatoms. The summed E-state index contributed by atoms with van der Waals surface area (Å²) in [6.45, 7) is 4.16. The molecule has 2 saturated heterocycles. The van der Waals surface area contributed by atoms with Crippen molar-refractivity contribution in [1.29, 1.82) is 0 Å². The molecule has 0 aromatic carbocycles. The lowest BCUT2D eigenvalue weighted by molar-refractivity contribution is -0.279. The summed E-state index contributed by atoms with van der Waals surface area (Å²) in [4.78, 5) is 0. The molecule has 2 rings (SSSR count). The first-order valence-corrected chi connectivity index (χ1v) is 4.55. The zero-order valence-electron chi connectivity index (χ0n) is 8.24. The Morgan fingerprint density at radius 3 is 2.77 bits per heavy atom. The summed E-state index contributed by atoms with van der Waals surface area (Å²) in [5, 5.41) is 9.79. The lowest BCUT2D eigenvalue weighted by Gasteiger charge is -2.41. The molecule has 76 valence electrons. The Bertz CT molecular complexity index is 220. The lowest BCUT2D eigenvalue weighted by Crippen LogP contribution is -2.55. The van der Waals surface area contributed by atoms with Crippen LogP contribution in [0, 0.1) is 0 Å². The van der Waals surface area contributed by atoms with Crippen molar-refractivity contribution in [3.63, 3.8) is 0 Å². The average molecular weight is 188 g/mol. The molecule has 4 atom stereocenters. The van der Waals surface area contributed by atoms with E-state index < -0.39 is 17.5 Å². The van der Waals surface area contributed by atoms with Crippen molar-refractivity contribution in [1.82, 2.24) is 0 Å². The maximum atomic E-state index is 9.79. The van der Waals surface area contributed by atoms with Gasteiger partial charge in [-0.1, -0.05) is 0 Å². The van der Waals surface area contributed by atoms with E-state index in [1.807, 2.05) is 13.8 Å². The Balaban J connectivity index is 2.24. The Hall–Kier alpha value is -0.160. The summed E-state index contributed by atoms with van der Waals surface area (Å²) in [7, 11) is 1.61. The molecule has 0 aromatic heterocycles. The van der Waals surface area contributed by atoms with Gasteiger partial charge in [0, 0.05) is 13.5 Å². The minimum atomic E-state index is -0.678. The van der Waals surface area contributed by atoms with Crippen molar-refractivity contribution >= 4 is 0 Å². The molecule has 0 saturated carbocycles. The summed E-state index contributed by atoms with van der Waals surface area (Å²) in [6, 6.07) is 0. The smallest absolute Gasteiger partial charge is 0.192 e. The molecule has 0 radical (unpaired) electrons. The third kappa shape index (κ3) is 1.21. The van der Waals surface area contributed by atoms with E-state index in [4.69, 9.17) is 14.2 Å². The number of rotatable bonds is 1. The third-order valence-corrected chi connectivity index (χ3v) is 3.09. The molecule has 13 heavy (non-hydrogen) atoms. The second-order valence-corrected chi connectivity index (χ2v) is 4.20. The molecule has 2 bridgehead atoms. The third-order valence-electron chi connectivity index (χ3n) is 3.09. The van der Waals surface area contributed by atoms with Crippen molar-refractivity contribution in [2.24, 2.45) is 0 Å². The minimum Gasteiger partial charge on any atom is -0.390 e. The summed E-state index contributed by atoms with van der Waals surface area (Å²) in [5.41, 5.74) is -0.552. The number of ether oxygens (including phenoxy) is 3. The minimum absolute atomic E-state index is 0.182. The van der Waals surface area contributed by atoms with E-state index in [-0.39, 0.29) is 6.10 Å². The van der Waals surface area contributed by atoms with Gasteiger partial charge in [0.1, 0.15) is 11.7 Å². The van der Waals surface area contributed by atoms with Crippen molar-refractivity contribution < 1.29 is 19.3 Å². The normalized spacial score (nSPS) is 55.4. The standard InChI is InChI=1S/C9H16O4/c1-8-5-12-9(2,13-8)7(11-3)4-6(8)10/h6-7,10H,4-5H2,1-3H3. The van der Waals surface area contributed by atoms with E-state index >= 15 is 0 Å². The van der Waals surface area contributed by atoms with Crippen molar-refractivity contribution in [2.45, 2.75) is 43.9 Å². The molecule has 4 nitrogen and oxygen atoms in total. The van der Waals surface area contributed by atoms with Crippen LogP contribution >= 0.6 is 0 Å². The van der Waals surface area contributed by atoms with Gasteiger partial charge in [-0.25, -0.2) is 0 Å². The predicted octanol–water partition coefficient (Wildman–Crippen LogP) is 0.288. The topological polar surface area (TPSA) is 47.9 Å². The molecule has 2 aliphatic heterocycles. The molecule has 0 amide bonds. The Morgan fingerprint density at radius 2 is 2.15 bits per heavy atom. The van der Waals surface area contributed by atoms with Gasteiger partial charge in [-0.3, -0.25) is 0 Å². The maximum Gasteiger partial charge on any atom is 0.192 e. The summed E-state index contributed by atoms with van der Waals surface area (Å²) >= 11 is 0. The zero-order chi connectivity index (χ0) is 9.69. The van der Waals surface area contributed by atoms with Crippen molar-refractivity contribution in [3.8, 4) is 0 Å². The highest BCUT2D eigenvalue weighted by atomic mass is 16.8. The van der Waals surface area contributed by atoms with Crippen molar-refractivity contribution in [3.05, 3.63) is 0 Å². The predicted molar refractivity (Wildman–Crippen MR) is 45.3 cm³/mol. The highest BCUT2D eigenvalue weighted by Crippen LogP contribution is 2.43. The van der Waals surface area contributed by atoms with Crippen LogP contribution < -0.4 is 0 Å². The fourth-order valence-corrected chi connectivity index (χ4v) is 2.11. The second-order valence-electron chi connectivity index (χ2n) is 4.20. The van der Waals surface area contributed by atoms with Crippen LogP contribution in [0.2, 0.25) is 0 Å². The largest absolute Gasteiger partial charge is 0.390 e. The van der Waals surface area contributed by atoms with Gasteiger partial charge in [0.25, 0.3) is 0 Å². The van der Waals surface area contributed by atoms with Gasteiger partial charge >= 0.3 is 0 Å². The van der Waals surface area contributed by atoms with Crippen LogP contribution in [0.1, 0.15) is 20.3 Å². The molecule has 2 aliphatic rings. The molecule has 1 N–H and O–H groups in total. The van der Waals surface area contributed by atoms with Gasteiger partial charge in [0.05, 0.1) is 12.7 Å². The molecule has 4 unspecified atom stereocenters. The quantitative estimate of drug-likeness (QED) is 0.642. The van der Waals surface area contributed by atoms with Crippen molar-refractivity contribution in [2.75, 3.05) is 13.7 Å². The van der Waals surface area contributed by atoms with Gasteiger partial charge in [-0.2, -0.15) is 0 Å². The van der Waals surface area contributed by atoms with E-state index in [9.17, 15) is 5.11 Å². The van der Waals surface area contributed by atoms with Crippen LogP contribution in [0.4, 0.5) is 0 Å². The number of methoxy groups -OCH3 is 1. The number of fused-ring (bicyclic) bond motifs is 2. The number of aliphatic hydroxyl groups is 1. The van der Waals surface area contributed by atoms with Gasteiger partial charge in [-0.05, 0) is 13.8 Å². The highest BCUT2D eigenvalue weighted by Gasteiger charge is 2.58. The number of hydrogen-bond donors (Lipinski definition) is 1. The first kappa shape index (κ1) is 9.40. The Kier molecular flexibility index (Phi) is 1.93. The zero-order valence-corrected chi connectivity index (χ0v) is 8.24. The van der Waals surface area contributed by atoms with Gasteiger partial charge in [0.15, 0.2) is 5.79 Å². The fourth-order valence-electron chi connectivity index (χ4n) is 2.11. The van der Waals surface area contributed by atoms with Crippen LogP contribution in [0.3, 0.4) is 0 Å². The van der Waals surface area contributed by atoms with Crippen LogP contribution in [0.15, 0.2) is 0 Å².